The first-order valence-corrected chi connectivity index (χ1v) is 8.09. The van der Waals surface area contributed by atoms with E-state index >= 15 is 0 Å². The van der Waals surface area contributed by atoms with Crippen LogP contribution in [-0.4, -0.2) is 25.5 Å². The van der Waals surface area contributed by atoms with Gasteiger partial charge in [0.25, 0.3) is 0 Å². The number of nitrogens with two attached hydrogens (primary N) is 1. The SMILES string of the molecule is COc1ccc(N)c(NC(=O)C2CC(=O)N(c3ccc(C)cc3)C2)c1. The highest BCUT2D eigenvalue weighted by atomic mass is 16.5. The van der Waals surface area contributed by atoms with Gasteiger partial charge in [0.2, 0.25) is 11.8 Å². The molecule has 3 N–H and O–H groups in total. The number of carbonyl (C=O) groups is 2. The lowest BCUT2D eigenvalue weighted by molar-refractivity contribution is -0.122. The van der Waals surface area contributed by atoms with Crippen LogP contribution in [0.15, 0.2) is 42.5 Å². The lowest BCUT2D eigenvalue weighted by atomic mass is 10.1. The van der Waals surface area contributed by atoms with Crippen LogP contribution in [0.25, 0.3) is 0 Å². The van der Waals surface area contributed by atoms with Crippen LogP contribution in [0.3, 0.4) is 0 Å². The Balaban J connectivity index is 1.72. The number of methoxy groups -OCH3 is 1. The van der Waals surface area contributed by atoms with Crippen molar-refractivity contribution in [1.82, 2.24) is 0 Å². The lowest BCUT2D eigenvalue weighted by Gasteiger charge is -2.17. The molecule has 2 aromatic carbocycles. The summed E-state index contributed by atoms with van der Waals surface area (Å²) >= 11 is 0. The number of rotatable bonds is 4. The molecule has 3 rings (SSSR count). The number of nitrogens with one attached hydrogen (secondary N) is 1. The van der Waals surface area contributed by atoms with E-state index in [0.717, 1.165) is 11.3 Å². The number of anilines is 3. The van der Waals surface area contributed by atoms with Gasteiger partial charge in [0, 0.05) is 24.7 Å². The number of hydrogen-bond acceptors (Lipinski definition) is 4. The first-order valence-electron chi connectivity index (χ1n) is 8.09. The van der Waals surface area contributed by atoms with E-state index in [0.29, 0.717) is 23.7 Å². The molecule has 6 nitrogen and oxygen atoms in total. The summed E-state index contributed by atoms with van der Waals surface area (Å²) in [5, 5.41) is 2.81. The van der Waals surface area contributed by atoms with Gasteiger partial charge < -0.3 is 20.7 Å². The Morgan fingerprint density at radius 3 is 2.64 bits per heavy atom. The van der Waals surface area contributed by atoms with Crippen molar-refractivity contribution in [3.8, 4) is 5.75 Å². The van der Waals surface area contributed by atoms with Crippen LogP contribution in [0.5, 0.6) is 5.75 Å². The quantitative estimate of drug-likeness (QED) is 0.839. The molecule has 1 fully saturated rings. The molecule has 0 aliphatic carbocycles. The van der Waals surface area contributed by atoms with E-state index in [1.807, 2.05) is 31.2 Å². The third kappa shape index (κ3) is 3.57. The predicted molar refractivity (Wildman–Crippen MR) is 97.7 cm³/mol. The molecule has 1 heterocycles. The summed E-state index contributed by atoms with van der Waals surface area (Å²) < 4.78 is 5.15. The minimum absolute atomic E-state index is 0.0531. The monoisotopic (exact) mass is 339 g/mol. The fraction of sp³-hybridized carbons (Fsp3) is 0.263. The van der Waals surface area contributed by atoms with Gasteiger partial charge in [-0.15, -0.1) is 0 Å². The van der Waals surface area contributed by atoms with Crippen LogP contribution in [0.1, 0.15) is 12.0 Å². The van der Waals surface area contributed by atoms with E-state index in [9.17, 15) is 9.59 Å². The fourth-order valence-electron chi connectivity index (χ4n) is 2.86. The van der Waals surface area contributed by atoms with Crippen molar-refractivity contribution in [3.05, 3.63) is 48.0 Å². The molecule has 0 saturated carbocycles. The number of nitrogens with zero attached hydrogens (tertiary/aromatic N) is 1. The van der Waals surface area contributed by atoms with Crippen molar-refractivity contribution in [2.45, 2.75) is 13.3 Å². The van der Waals surface area contributed by atoms with E-state index in [1.165, 1.54) is 0 Å². The predicted octanol–water partition coefficient (Wildman–Crippen LogP) is 2.58. The largest absolute Gasteiger partial charge is 0.497 e. The number of aryl methyl sites for hydroxylation is 1. The van der Waals surface area contributed by atoms with E-state index in [-0.39, 0.29) is 18.2 Å². The third-order valence-corrected chi connectivity index (χ3v) is 4.36. The van der Waals surface area contributed by atoms with Gasteiger partial charge in [0.1, 0.15) is 5.75 Å². The molecule has 0 radical (unpaired) electrons. The number of carbonyl (C=O) groups excluding carboxylic acids is 2. The van der Waals surface area contributed by atoms with Crippen molar-refractivity contribution >= 4 is 28.9 Å². The topological polar surface area (TPSA) is 84.7 Å². The average molecular weight is 339 g/mol. The molecule has 25 heavy (non-hydrogen) atoms. The molecular formula is C19H21N3O3. The normalized spacial score (nSPS) is 16.8. The summed E-state index contributed by atoms with van der Waals surface area (Å²) in [6, 6.07) is 12.8. The van der Waals surface area contributed by atoms with Crippen LogP contribution < -0.4 is 20.7 Å². The first kappa shape index (κ1) is 16.8. The highest BCUT2D eigenvalue weighted by Gasteiger charge is 2.35. The van der Waals surface area contributed by atoms with Gasteiger partial charge in [-0.3, -0.25) is 9.59 Å². The number of ether oxygens (including phenoxy) is 1. The van der Waals surface area contributed by atoms with Crippen molar-refractivity contribution in [2.24, 2.45) is 5.92 Å². The molecule has 0 bridgehead atoms. The molecule has 0 aromatic heterocycles. The minimum atomic E-state index is -0.417. The van der Waals surface area contributed by atoms with Crippen LogP contribution >= 0.6 is 0 Å². The van der Waals surface area contributed by atoms with Gasteiger partial charge in [-0.05, 0) is 31.2 Å². The molecular weight excluding hydrogens is 318 g/mol. The van der Waals surface area contributed by atoms with Gasteiger partial charge in [-0.1, -0.05) is 17.7 Å². The second-order valence-electron chi connectivity index (χ2n) is 6.18. The Hall–Kier alpha value is -3.02. The second kappa shape index (κ2) is 6.84. The highest BCUT2D eigenvalue weighted by molar-refractivity contribution is 6.04. The minimum Gasteiger partial charge on any atom is -0.497 e. The fourth-order valence-corrected chi connectivity index (χ4v) is 2.86. The van der Waals surface area contributed by atoms with Crippen LogP contribution in [0.2, 0.25) is 0 Å². The molecule has 1 saturated heterocycles. The molecule has 1 aliphatic heterocycles. The van der Waals surface area contributed by atoms with Gasteiger partial charge >= 0.3 is 0 Å². The molecule has 1 aliphatic rings. The zero-order valence-corrected chi connectivity index (χ0v) is 14.3. The Bertz CT molecular complexity index is 802. The van der Waals surface area contributed by atoms with E-state index < -0.39 is 5.92 Å². The van der Waals surface area contributed by atoms with Crippen LogP contribution in [0, 0.1) is 12.8 Å². The van der Waals surface area contributed by atoms with Crippen LogP contribution in [-0.2, 0) is 9.59 Å². The molecule has 1 unspecified atom stereocenters. The van der Waals surface area contributed by atoms with Crippen LogP contribution in [0.4, 0.5) is 17.1 Å². The summed E-state index contributed by atoms with van der Waals surface area (Å²) in [6.45, 7) is 2.35. The Labute approximate surface area is 146 Å². The zero-order chi connectivity index (χ0) is 18.0. The van der Waals surface area contributed by atoms with Gasteiger partial charge in [0.15, 0.2) is 0 Å². The number of hydrogen-bond donors (Lipinski definition) is 2. The summed E-state index contributed by atoms with van der Waals surface area (Å²) in [5.74, 6) is -0.0850. The van der Waals surface area contributed by atoms with E-state index in [1.54, 1.807) is 30.2 Å². The van der Waals surface area contributed by atoms with Crippen molar-refractivity contribution in [1.29, 1.82) is 0 Å². The maximum atomic E-state index is 12.6. The summed E-state index contributed by atoms with van der Waals surface area (Å²) in [4.78, 5) is 26.5. The molecule has 1 atom stereocenters. The summed E-state index contributed by atoms with van der Waals surface area (Å²) in [5.41, 5.74) is 8.78. The van der Waals surface area contributed by atoms with E-state index in [2.05, 4.69) is 5.32 Å². The maximum absolute atomic E-state index is 12.6. The number of amides is 2. The lowest BCUT2D eigenvalue weighted by Crippen LogP contribution is -2.28. The second-order valence-corrected chi connectivity index (χ2v) is 6.18. The van der Waals surface area contributed by atoms with Gasteiger partial charge in [-0.25, -0.2) is 0 Å². The summed E-state index contributed by atoms with van der Waals surface area (Å²) in [7, 11) is 1.55. The average Bonchev–Trinajstić information content (AvgIpc) is 2.99. The number of nitrogen functional groups attached to an aromatic ring is 1. The number of benzene rings is 2. The Morgan fingerprint density at radius 2 is 1.96 bits per heavy atom. The highest BCUT2D eigenvalue weighted by Crippen LogP contribution is 2.28. The smallest absolute Gasteiger partial charge is 0.229 e. The Kier molecular flexibility index (Phi) is 4.61. The third-order valence-electron chi connectivity index (χ3n) is 4.36. The molecule has 130 valence electrons. The molecule has 2 amide bonds. The van der Waals surface area contributed by atoms with Crippen molar-refractivity contribution < 1.29 is 14.3 Å². The molecule has 2 aromatic rings. The zero-order valence-electron chi connectivity index (χ0n) is 14.3. The van der Waals surface area contributed by atoms with Crippen molar-refractivity contribution in [3.63, 3.8) is 0 Å². The van der Waals surface area contributed by atoms with Crippen molar-refractivity contribution in [2.75, 3.05) is 29.6 Å². The van der Waals surface area contributed by atoms with Gasteiger partial charge in [-0.2, -0.15) is 0 Å². The maximum Gasteiger partial charge on any atom is 0.229 e. The Morgan fingerprint density at radius 1 is 1.24 bits per heavy atom. The standard InChI is InChI=1S/C19H21N3O3/c1-12-3-5-14(6-4-12)22-11-13(9-18(22)23)19(24)21-17-10-15(25-2)7-8-16(17)20/h3-8,10,13H,9,11,20H2,1-2H3,(H,21,24). The molecule has 0 spiro atoms. The summed E-state index contributed by atoms with van der Waals surface area (Å²) in [6.07, 6.45) is 0.184. The molecule has 6 heteroatoms. The van der Waals surface area contributed by atoms with E-state index in [4.69, 9.17) is 10.5 Å². The van der Waals surface area contributed by atoms with Gasteiger partial charge in [0.05, 0.1) is 24.4 Å². The first-order chi connectivity index (χ1) is 12.0.